The number of aryl methyl sites for hydroxylation is 1. The summed E-state index contributed by atoms with van der Waals surface area (Å²) in [6, 6.07) is 10.4. The standard InChI is InChI=1S/C18H28N2/c1-3-4-15-5-7-16(8-6-15)14(2)19-18-13-20-11-9-17(18)10-12-20/h5-8,14,17-19H,3-4,9-13H2,1-2H3. The van der Waals surface area contributed by atoms with Gasteiger partial charge in [0.15, 0.2) is 0 Å². The lowest BCUT2D eigenvalue weighted by molar-refractivity contribution is 0.0680. The largest absolute Gasteiger partial charge is 0.306 e. The highest BCUT2D eigenvalue weighted by molar-refractivity contribution is 5.25. The predicted octanol–water partition coefficient (Wildman–Crippen LogP) is 3.38. The summed E-state index contributed by atoms with van der Waals surface area (Å²) in [5, 5.41) is 3.88. The second-order valence-electron chi connectivity index (χ2n) is 6.62. The Morgan fingerprint density at radius 2 is 1.90 bits per heavy atom. The number of piperidine rings is 3. The molecule has 1 N–H and O–H groups in total. The molecule has 4 rings (SSSR count). The summed E-state index contributed by atoms with van der Waals surface area (Å²) in [4.78, 5) is 2.62. The van der Waals surface area contributed by atoms with Crippen LogP contribution in [0, 0.1) is 5.92 Å². The molecule has 1 aromatic carbocycles. The highest BCUT2D eigenvalue weighted by Crippen LogP contribution is 2.29. The van der Waals surface area contributed by atoms with Crippen molar-refractivity contribution in [2.75, 3.05) is 19.6 Å². The quantitative estimate of drug-likeness (QED) is 0.884. The van der Waals surface area contributed by atoms with Crippen LogP contribution in [0.3, 0.4) is 0 Å². The van der Waals surface area contributed by atoms with Gasteiger partial charge in [-0.25, -0.2) is 0 Å². The lowest BCUT2D eigenvalue weighted by atomic mass is 9.83. The fraction of sp³-hybridized carbons (Fsp3) is 0.667. The summed E-state index contributed by atoms with van der Waals surface area (Å²) < 4.78 is 0. The van der Waals surface area contributed by atoms with Crippen molar-refractivity contribution in [2.24, 2.45) is 5.92 Å². The summed E-state index contributed by atoms with van der Waals surface area (Å²) in [6.07, 6.45) is 5.20. The average molecular weight is 272 g/mol. The van der Waals surface area contributed by atoms with Crippen LogP contribution < -0.4 is 5.32 Å². The van der Waals surface area contributed by atoms with E-state index in [2.05, 4.69) is 48.3 Å². The van der Waals surface area contributed by atoms with Crippen molar-refractivity contribution in [3.63, 3.8) is 0 Å². The van der Waals surface area contributed by atoms with E-state index >= 15 is 0 Å². The highest BCUT2D eigenvalue weighted by atomic mass is 15.2. The van der Waals surface area contributed by atoms with Crippen LogP contribution in [0.25, 0.3) is 0 Å². The van der Waals surface area contributed by atoms with Gasteiger partial charge in [0.2, 0.25) is 0 Å². The van der Waals surface area contributed by atoms with Gasteiger partial charge in [-0.3, -0.25) is 0 Å². The third-order valence-corrected chi connectivity index (χ3v) is 5.14. The molecule has 3 fully saturated rings. The smallest absolute Gasteiger partial charge is 0.0295 e. The van der Waals surface area contributed by atoms with E-state index in [1.165, 1.54) is 56.4 Å². The summed E-state index contributed by atoms with van der Waals surface area (Å²) >= 11 is 0. The molecule has 0 amide bonds. The van der Waals surface area contributed by atoms with Crippen LogP contribution >= 0.6 is 0 Å². The summed E-state index contributed by atoms with van der Waals surface area (Å²) in [5.74, 6) is 0.904. The van der Waals surface area contributed by atoms with Gasteiger partial charge in [-0.05, 0) is 56.3 Å². The number of fused-ring (bicyclic) bond motifs is 3. The lowest BCUT2D eigenvalue weighted by Gasteiger charge is -2.46. The second kappa shape index (κ2) is 6.28. The Kier molecular flexibility index (Phi) is 4.42. The molecule has 1 aromatic rings. The maximum atomic E-state index is 3.88. The van der Waals surface area contributed by atoms with Crippen molar-refractivity contribution in [3.05, 3.63) is 35.4 Å². The summed E-state index contributed by atoms with van der Waals surface area (Å²) in [5.41, 5.74) is 2.90. The Morgan fingerprint density at radius 3 is 2.45 bits per heavy atom. The molecule has 2 atom stereocenters. The zero-order valence-corrected chi connectivity index (χ0v) is 12.9. The van der Waals surface area contributed by atoms with Crippen LogP contribution in [0.5, 0.6) is 0 Å². The zero-order valence-electron chi connectivity index (χ0n) is 12.9. The number of nitrogens with one attached hydrogen (secondary N) is 1. The van der Waals surface area contributed by atoms with Gasteiger partial charge in [0.05, 0.1) is 0 Å². The molecule has 2 unspecified atom stereocenters. The molecule has 3 aliphatic rings. The minimum atomic E-state index is 0.469. The first-order chi connectivity index (χ1) is 9.76. The molecule has 0 saturated carbocycles. The van der Waals surface area contributed by atoms with E-state index in [1.54, 1.807) is 0 Å². The predicted molar refractivity (Wildman–Crippen MR) is 84.9 cm³/mol. The molecule has 0 radical (unpaired) electrons. The molecule has 2 nitrogen and oxygen atoms in total. The van der Waals surface area contributed by atoms with E-state index in [9.17, 15) is 0 Å². The first kappa shape index (κ1) is 14.1. The molecular formula is C18H28N2. The van der Waals surface area contributed by atoms with E-state index in [-0.39, 0.29) is 0 Å². The number of benzene rings is 1. The Hall–Kier alpha value is -0.860. The number of hydrogen-bond acceptors (Lipinski definition) is 2. The first-order valence-corrected chi connectivity index (χ1v) is 8.33. The third kappa shape index (κ3) is 3.07. The molecule has 2 heteroatoms. The van der Waals surface area contributed by atoms with Gasteiger partial charge in [0, 0.05) is 18.6 Å². The van der Waals surface area contributed by atoms with Crippen molar-refractivity contribution in [1.82, 2.24) is 10.2 Å². The van der Waals surface area contributed by atoms with Gasteiger partial charge in [0.1, 0.15) is 0 Å². The van der Waals surface area contributed by atoms with Crippen LogP contribution in [-0.4, -0.2) is 30.6 Å². The Morgan fingerprint density at radius 1 is 1.20 bits per heavy atom. The summed E-state index contributed by atoms with van der Waals surface area (Å²) in [6.45, 7) is 8.45. The average Bonchev–Trinajstić information content (AvgIpc) is 2.49. The number of hydrogen-bond donors (Lipinski definition) is 1. The molecular weight excluding hydrogens is 244 g/mol. The monoisotopic (exact) mass is 272 g/mol. The highest BCUT2D eigenvalue weighted by Gasteiger charge is 2.34. The van der Waals surface area contributed by atoms with Gasteiger partial charge < -0.3 is 10.2 Å². The van der Waals surface area contributed by atoms with Gasteiger partial charge in [0.25, 0.3) is 0 Å². The Balaban J connectivity index is 1.59. The van der Waals surface area contributed by atoms with Crippen LogP contribution in [0.15, 0.2) is 24.3 Å². The summed E-state index contributed by atoms with van der Waals surface area (Å²) in [7, 11) is 0. The van der Waals surface area contributed by atoms with Crippen LogP contribution in [-0.2, 0) is 6.42 Å². The Labute approximate surface area is 123 Å². The van der Waals surface area contributed by atoms with E-state index in [4.69, 9.17) is 0 Å². The zero-order chi connectivity index (χ0) is 13.9. The Bertz CT molecular complexity index is 418. The molecule has 0 aromatic heterocycles. The van der Waals surface area contributed by atoms with Crippen molar-refractivity contribution < 1.29 is 0 Å². The molecule has 3 aliphatic heterocycles. The van der Waals surface area contributed by atoms with Gasteiger partial charge in [-0.2, -0.15) is 0 Å². The van der Waals surface area contributed by atoms with Crippen molar-refractivity contribution in [2.45, 2.75) is 51.6 Å². The van der Waals surface area contributed by atoms with Crippen LogP contribution in [0.1, 0.15) is 50.3 Å². The minimum absolute atomic E-state index is 0.469. The second-order valence-corrected chi connectivity index (χ2v) is 6.62. The lowest BCUT2D eigenvalue weighted by Crippen LogP contribution is -2.56. The fourth-order valence-electron chi connectivity index (χ4n) is 3.83. The molecule has 3 saturated heterocycles. The van der Waals surface area contributed by atoms with Crippen molar-refractivity contribution >= 4 is 0 Å². The van der Waals surface area contributed by atoms with Gasteiger partial charge in [-0.15, -0.1) is 0 Å². The molecule has 110 valence electrons. The third-order valence-electron chi connectivity index (χ3n) is 5.14. The van der Waals surface area contributed by atoms with Gasteiger partial charge in [-0.1, -0.05) is 37.6 Å². The minimum Gasteiger partial charge on any atom is -0.306 e. The molecule has 2 bridgehead atoms. The van der Waals surface area contributed by atoms with Crippen molar-refractivity contribution in [1.29, 1.82) is 0 Å². The van der Waals surface area contributed by atoms with Crippen LogP contribution in [0.4, 0.5) is 0 Å². The number of nitrogens with zero attached hydrogens (tertiary/aromatic N) is 1. The van der Waals surface area contributed by atoms with E-state index in [0.717, 1.165) is 5.92 Å². The van der Waals surface area contributed by atoms with Crippen molar-refractivity contribution in [3.8, 4) is 0 Å². The molecule has 0 aliphatic carbocycles. The SMILES string of the molecule is CCCc1ccc(C(C)NC2CN3CCC2CC3)cc1. The molecule has 0 spiro atoms. The fourth-order valence-corrected chi connectivity index (χ4v) is 3.83. The van der Waals surface area contributed by atoms with Crippen LogP contribution in [0.2, 0.25) is 0 Å². The normalized spacial score (nSPS) is 30.4. The molecule has 20 heavy (non-hydrogen) atoms. The van der Waals surface area contributed by atoms with E-state index < -0.39 is 0 Å². The van der Waals surface area contributed by atoms with E-state index in [1.807, 2.05) is 0 Å². The van der Waals surface area contributed by atoms with E-state index in [0.29, 0.717) is 12.1 Å². The maximum absolute atomic E-state index is 3.88. The molecule has 3 heterocycles. The maximum Gasteiger partial charge on any atom is 0.0295 e. The first-order valence-electron chi connectivity index (χ1n) is 8.33. The topological polar surface area (TPSA) is 15.3 Å². The number of rotatable bonds is 5. The van der Waals surface area contributed by atoms with Gasteiger partial charge >= 0.3 is 0 Å².